The lowest BCUT2D eigenvalue weighted by atomic mass is 10.4. The second-order valence-corrected chi connectivity index (χ2v) is 3.59. The Hall–Kier alpha value is -1.03. The predicted molar refractivity (Wildman–Crippen MR) is 53.0 cm³/mol. The van der Waals surface area contributed by atoms with Crippen LogP contribution in [0, 0.1) is 6.92 Å². The minimum atomic E-state index is 0.0660. The van der Waals surface area contributed by atoms with Crippen molar-refractivity contribution >= 4 is 0 Å². The maximum Gasteiger partial charge on any atom is 0.266 e. The van der Waals surface area contributed by atoms with Crippen LogP contribution in [-0.2, 0) is 6.54 Å². The third-order valence-corrected chi connectivity index (χ3v) is 1.90. The predicted octanol–water partition coefficient (Wildman–Crippen LogP) is 0.437. The average Bonchev–Trinajstić information content (AvgIpc) is 2.29. The van der Waals surface area contributed by atoms with Crippen LogP contribution >= 0.6 is 0 Å². The Kier molecular flexibility index (Phi) is 3.31. The third-order valence-electron chi connectivity index (χ3n) is 1.90. The normalized spacial score (nSPS) is 11.1. The first-order valence-electron chi connectivity index (χ1n) is 4.51. The highest BCUT2D eigenvalue weighted by Crippen LogP contribution is 1.90. The fraction of sp³-hybridized carbons (Fsp3) is 0.667. The number of nitrogens with one attached hydrogen (secondary N) is 1. The summed E-state index contributed by atoms with van der Waals surface area (Å²) in [5.74, 6) is 0. The molecule has 13 heavy (non-hydrogen) atoms. The minimum Gasteiger partial charge on any atom is -0.309 e. The zero-order valence-corrected chi connectivity index (χ0v) is 8.50. The lowest BCUT2D eigenvalue weighted by molar-refractivity contribution is 0.378. The number of aryl methyl sites for hydroxylation is 2. The van der Waals surface area contributed by atoms with E-state index in [1.165, 1.54) is 0 Å². The van der Waals surface area contributed by atoms with Crippen LogP contribution in [0.4, 0.5) is 0 Å². The summed E-state index contributed by atoms with van der Waals surface area (Å²) in [4.78, 5) is 13.3. The largest absolute Gasteiger partial charge is 0.309 e. The van der Waals surface area contributed by atoms with Gasteiger partial charge in [0.25, 0.3) is 5.56 Å². The summed E-state index contributed by atoms with van der Waals surface area (Å²) in [5, 5.41) is 3.00. The van der Waals surface area contributed by atoms with E-state index in [0.29, 0.717) is 0 Å². The van der Waals surface area contributed by atoms with E-state index in [2.05, 4.69) is 10.00 Å². The van der Waals surface area contributed by atoms with Gasteiger partial charge in [-0.3, -0.25) is 9.48 Å². The molecule has 0 atom stereocenters. The van der Waals surface area contributed by atoms with Crippen LogP contribution in [-0.4, -0.2) is 35.3 Å². The van der Waals surface area contributed by atoms with E-state index < -0.39 is 0 Å². The Morgan fingerprint density at radius 3 is 2.69 bits per heavy atom. The smallest absolute Gasteiger partial charge is 0.266 e. The van der Waals surface area contributed by atoms with Crippen LogP contribution < -0.4 is 5.56 Å². The molecular formula is C9H17N3O. The van der Waals surface area contributed by atoms with Crippen molar-refractivity contribution in [2.75, 3.05) is 20.6 Å². The lowest BCUT2D eigenvalue weighted by Crippen LogP contribution is -2.20. The van der Waals surface area contributed by atoms with Crippen LogP contribution in [0.3, 0.4) is 0 Å². The van der Waals surface area contributed by atoms with Crippen LogP contribution in [0.25, 0.3) is 0 Å². The Labute approximate surface area is 78.1 Å². The zero-order valence-electron chi connectivity index (χ0n) is 8.50. The van der Waals surface area contributed by atoms with Gasteiger partial charge in [0.2, 0.25) is 0 Å². The van der Waals surface area contributed by atoms with E-state index >= 15 is 0 Å². The summed E-state index contributed by atoms with van der Waals surface area (Å²) in [6.45, 7) is 3.67. The van der Waals surface area contributed by atoms with Gasteiger partial charge in [0.1, 0.15) is 0 Å². The molecule has 0 aliphatic rings. The topological polar surface area (TPSA) is 41.0 Å². The highest BCUT2D eigenvalue weighted by molar-refractivity contribution is 4.95. The van der Waals surface area contributed by atoms with Crippen molar-refractivity contribution in [1.29, 1.82) is 0 Å². The third kappa shape index (κ3) is 3.06. The molecule has 0 spiro atoms. The number of aromatic nitrogens is 2. The number of hydrogen-bond acceptors (Lipinski definition) is 2. The molecule has 1 heterocycles. The molecule has 4 heteroatoms. The number of nitrogens with zero attached hydrogens (tertiary/aromatic N) is 2. The number of hydrogen-bond donors (Lipinski definition) is 1. The molecule has 0 radical (unpaired) electrons. The molecule has 74 valence electrons. The molecule has 0 saturated carbocycles. The van der Waals surface area contributed by atoms with E-state index in [1.807, 2.05) is 21.0 Å². The summed E-state index contributed by atoms with van der Waals surface area (Å²) in [6.07, 6.45) is 0.993. The lowest BCUT2D eigenvalue weighted by Gasteiger charge is -2.08. The van der Waals surface area contributed by atoms with Crippen molar-refractivity contribution in [1.82, 2.24) is 14.7 Å². The maximum atomic E-state index is 11.2. The number of aromatic amines is 1. The van der Waals surface area contributed by atoms with E-state index in [0.717, 1.165) is 25.2 Å². The van der Waals surface area contributed by atoms with Crippen molar-refractivity contribution < 1.29 is 0 Å². The molecule has 1 aromatic heterocycles. The van der Waals surface area contributed by atoms with Crippen molar-refractivity contribution in [3.05, 3.63) is 22.1 Å². The first-order valence-corrected chi connectivity index (χ1v) is 4.51. The first-order chi connectivity index (χ1) is 6.09. The summed E-state index contributed by atoms with van der Waals surface area (Å²) in [5.41, 5.74) is 0.992. The molecule has 0 bridgehead atoms. The molecule has 0 aliphatic heterocycles. The first kappa shape index (κ1) is 10.1. The summed E-state index contributed by atoms with van der Waals surface area (Å²) in [6, 6.07) is 1.62. The van der Waals surface area contributed by atoms with Gasteiger partial charge in [-0.1, -0.05) is 0 Å². The van der Waals surface area contributed by atoms with Gasteiger partial charge < -0.3 is 10.00 Å². The molecule has 1 rings (SSSR count). The van der Waals surface area contributed by atoms with Gasteiger partial charge in [0.05, 0.1) is 0 Å². The van der Waals surface area contributed by atoms with Crippen molar-refractivity contribution in [3.63, 3.8) is 0 Å². The Bertz CT molecular complexity index is 311. The van der Waals surface area contributed by atoms with Crippen molar-refractivity contribution in [3.8, 4) is 0 Å². The van der Waals surface area contributed by atoms with Crippen LogP contribution in [0.5, 0.6) is 0 Å². The molecule has 0 aromatic carbocycles. The second kappa shape index (κ2) is 4.28. The van der Waals surface area contributed by atoms with Gasteiger partial charge in [0.15, 0.2) is 0 Å². The van der Waals surface area contributed by atoms with Crippen molar-refractivity contribution in [2.45, 2.75) is 19.9 Å². The molecule has 1 N–H and O–H groups in total. The van der Waals surface area contributed by atoms with E-state index in [-0.39, 0.29) is 5.56 Å². The fourth-order valence-corrected chi connectivity index (χ4v) is 1.27. The SMILES string of the molecule is Cc1cc(=O)n(CCCN(C)C)[nH]1. The van der Waals surface area contributed by atoms with Gasteiger partial charge in [-0.05, 0) is 34.0 Å². The highest BCUT2D eigenvalue weighted by atomic mass is 16.1. The quantitative estimate of drug-likeness (QED) is 0.735. The van der Waals surface area contributed by atoms with Gasteiger partial charge in [-0.2, -0.15) is 0 Å². The van der Waals surface area contributed by atoms with E-state index in [4.69, 9.17) is 0 Å². The zero-order chi connectivity index (χ0) is 9.84. The van der Waals surface area contributed by atoms with Crippen LogP contribution in [0.15, 0.2) is 10.9 Å². The Morgan fingerprint density at radius 1 is 1.54 bits per heavy atom. The summed E-state index contributed by atoms with van der Waals surface area (Å²) in [7, 11) is 4.06. The standard InChI is InChI=1S/C9H17N3O/c1-8-7-9(13)12(10-8)6-4-5-11(2)3/h7,10H,4-6H2,1-3H3. The molecular weight excluding hydrogens is 166 g/mol. The Morgan fingerprint density at radius 2 is 2.23 bits per heavy atom. The van der Waals surface area contributed by atoms with Gasteiger partial charge in [0, 0.05) is 18.3 Å². The maximum absolute atomic E-state index is 11.2. The van der Waals surface area contributed by atoms with Crippen LogP contribution in [0.1, 0.15) is 12.1 Å². The molecule has 0 fully saturated rings. The highest BCUT2D eigenvalue weighted by Gasteiger charge is 1.98. The van der Waals surface area contributed by atoms with Gasteiger partial charge in [-0.25, -0.2) is 0 Å². The molecule has 0 saturated heterocycles. The fourth-order valence-electron chi connectivity index (χ4n) is 1.27. The van der Waals surface area contributed by atoms with Crippen molar-refractivity contribution in [2.24, 2.45) is 0 Å². The second-order valence-electron chi connectivity index (χ2n) is 3.59. The average molecular weight is 183 g/mol. The molecule has 0 aliphatic carbocycles. The van der Waals surface area contributed by atoms with Gasteiger partial charge >= 0.3 is 0 Å². The minimum absolute atomic E-state index is 0.0660. The van der Waals surface area contributed by atoms with E-state index in [9.17, 15) is 4.79 Å². The number of rotatable bonds is 4. The molecule has 4 nitrogen and oxygen atoms in total. The molecule has 1 aromatic rings. The monoisotopic (exact) mass is 183 g/mol. The van der Waals surface area contributed by atoms with Gasteiger partial charge in [-0.15, -0.1) is 0 Å². The molecule has 0 unspecified atom stereocenters. The van der Waals surface area contributed by atoms with Crippen LogP contribution in [0.2, 0.25) is 0 Å². The Balaban J connectivity index is 2.45. The summed E-state index contributed by atoms with van der Waals surface area (Å²) >= 11 is 0. The summed E-state index contributed by atoms with van der Waals surface area (Å²) < 4.78 is 1.65. The number of H-pyrrole nitrogens is 1. The molecule has 0 amide bonds. The van der Waals surface area contributed by atoms with E-state index in [1.54, 1.807) is 10.7 Å².